The molecule has 0 heterocycles. The second kappa shape index (κ2) is 4.21. The van der Waals surface area contributed by atoms with Crippen LogP contribution in [-0.2, 0) is 0 Å². The van der Waals surface area contributed by atoms with Crippen LogP contribution >= 0.6 is 0 Å². The van der Waals surface area contributed by atoms with Crippen LogP contribution in [0.5, 0.6) is 0 Å². The van der Waals surface area contributed by atoms with Crippen molar-refractivity contribution in [2.24, 2.45) is 5.92 Å². The second-order valence-corrected chi connectivity index (χ2v) is 5.48. The molecule has 0 saturated heterocycles. The van der Waals surface area contributed by atoms with Crippen molar-refractivity contribution in [3.63, 3.8) is 0 Å². The summed E-state index contributed by atoms with van der Waals surface area (Å²) in [6, 6.07) is 8.59. The molecule has 1 unspecified atom stereocenters. The van der Waals surface area contributed by atoms with E-state index in [1.807, 2.05) is 0 Å². The van der Waals surface area contributed by atoms with Crippen LogP contribution in [0.3, 0.4) is 0 Å². The average molecular weight is 216 g/mol. The molecule has 2 saturated carbocycles. The summed E-state index contributed by atoms with van der Waals surface area (Å²) in [6.07, 6.45) is 7.35. The zero-order valence-electron chi connectivity index (χ0n) is 9.73. The van der Waals surface area contributed by atoms with E-state index in [-0.39, 0.29) is 6.10 Å². The lowest BCUT2D eigenvalue weighted by Gasteiger charge is -2.11. The van der Waals surface area contributed by atoms with Gasteiger partial charge in [0, 0.05) is 0 Å². The molecule has 2 aliphatic carbocycles. The fourth-order valence-electron chi connectivity index (χ4n) is 2.40. The minimum absolute atomic E-state index is 0.237. The highest BCUT2D eigenvalue weighted by Gasteiger charge is 2.25. The molecule has 1 heteroatoms. The fourth-order valence-corrected chi connectivity index (χ4v) is 2.40. The Kier molecular flexibility index (Phi) is 2.72. The minimum Gasteiger partial charge on any atom is -0.388 e. The van der Waals surface area contributed by atoms with E-state index < -0.39 is 0 Å². The van der Waals surface area contributed by atoms with Gasteiger partial charge in [0.15, 0.2) is 0 Å². The van der Waals surface area contributed by atoms with E-state index in [0.29, 0.717) is 0 Å². The van der Waals surface area contributed by atoms with E-state index >= 15 is 0 Å². The Morgan fingerprint density at radius 3 is 2.69 bits per heavy atom. The molecule has 0 bridgehead atoms. The Morgan fingerprint density at radius 2 is 2.00 bits per heavy atom. The lowest BCUT2D eigenvalue weighted by Crippen LogP contribution is -1.98. The largest absolute Gasteiger partial charge is 0.388 e. The minimum atomic E-state index is -0.237. The molecule has 1 nitrogen and oxygen atoms in total. The standard InChI is InChI=1S/C15H20O/c16-15(9-6-11-4-5-11)14-3-1-2-13(10-14)12-7-8-12/h1-3,10-12,15-16H,4-9H2. The van der Waals surface area contributed by atoms with Gasteiger partial charge in [-0.3, -0.25) is 0 Å². The van der Waals surface area contributed by atoms with Crippen LogP contribution in [0.15, 0.2) is 24.3 Å². The monoisotopic (exact) mass is 216 g/mol. The van der Waals surface area contributed by atoms with Crippen molar-refractivity contribution in [1.82, 2.24) is 0 Å². The summed E-state index contributed by atoms with van der Waals surface area (Å²) in [7, 11) is 0. The van der Waals surface area contributed by atoms with E-state index in [0.717, 1.165) is 23.8 Å². The van der Waals surface area contributed by atoms with Crippen LogP contribution in [-0.4, -0.2) is 5.11 Å². The van der Waals surface area contributed by atoms with Crippen LogP contribution < -0.4 is 0 Å². The predicted octanol–water partition coefficient (Wildman–Crippen LogP) is 3.79. The summed E-state index contributed by atoms with van der Waals surface area (Å²) < 4.78 is 0. The Morgan fingerprint density at radius 1 is 1.19 bits per heavy atom. The number of hydrogen-bond donors (Lipinski definition) is 1. The van der Waals surface area contributed by atoms with E-state index in [4.69, 9.17) is 0 Å². The Labute approximate surface area is 97.5 Å². The molecular weight excluding hydrogens is 196 g/mol. The van der Waals surface area contributed by atoms with Gasteiger partial charge in [-0.05, 0) is 48.6 Å². The molecular formula is C15H20O. The summed E-state index contributed by atoms with van der Waals surface area (Å²) in [6.45, 7) is 0. The van der Waals surface area contributed by atoms with Crippen molar-refractivity contribution >= 4 is 0 Å². The molecule has 0 aromatic heterocycles. The first kappa shape index (κ1) is 10.3. The first-order valence-corrected chi connectivity index (χ1v) is 6.61. The van der Waals surface area contributed by atoms with Crippen LogP contribution in [0.2, 0.25) is 0 Å². The molecule has 1 aromatic carbocycles. The first-order chi connectivity index (χ1) is 7.83. The summed E-state index contributed by atoms with van der Waals surface area (Å²) >= 11 is 0. The molecule has 2 aliphatic rings. The van der Waals surface area contributed by atoms with Gasteiger partial charge in [-0.25, -0.2) is 0 Å². The van der Waals surface area contributed by atoms with Gasteiger partial charge in [0.1, 0.15) is 0 Å². The van der Waals surface area contributed by atoms with Crippen molar-refractivity contribution in [3.8, 4) is 0 Å². The van der Waals surface area contributed by atoms with Gasteiger partial charge in [-0.1, -0.05) is 37.1 Å². The quantitative estimate of drug-likeness (QED) is 0.794. The molecule has 1 N–H and O–H groups in total. The zero-order valence-corrected chi connectivity index (χ0v) is 9.73. The number of aliphatic hydroxyl groups excluding tert-OH is 1. The molecule has 0 radical (unpaired) electrons. The van der Waals surface area contributed by atoms with Crippen LogP contribution in [0.1, 0.15) is 61.7 Å². The third-order valence-corrected chi connectivity index (χ3v) is 3.89. The third kappa shape index (κ3) is 2.46. The lowest BCUT2D eigenvalue weighted by molar-refractivity contribution is 0.162. The summed E-state index contributed by atoms with van der Waals surface area (Å²) in [5, 5.41) is 10.1. The van der Waals surface area contributed by atoms with Gasteiger partial charge in [-0.2, -0.15) is 0 Å². The topological polar surface area (TPSA) is 20.2 Å². The molecule has 2 fully saturated rings. The van der Waals surface area contributed by atoms with Gasteiger partial charge >= 0.3 is 0 Å². The SMILES string of the molecule is OC(CCC1CC1)c1cccc(C2CC2)c1. The Hall–Kier alpha value is -0.820. The van der Waals surface area contributed by atoms with Crippen LogP contribution in [0, 0.1) is 5.92 Å². The predicted molar refractivity (Wildman–Crippen MR) is 65.3 cm³/mol. The number of rotatable bonds is 5. The van der Waals surface area contributed by atoms with Gasteiger partial charge in [0.25, 0.3) is 0 Å². The molecule has 0 spiro atoms. The van der Waals surface area contributed by atoms with Gasteiger partial charge in [0.05, 0.1) is 6.10 Å². The molecule has 16 heavy (non-hydrogen) atoms. The van der Waals surface area contributed by atoms with E-state index in [9.17, 15) is 5.11 Å². The van der Waals surface area contributed by atoms with Crippen molar-refractivity contribution in [2.45, 2.75) is 50.5 Å². The normalized spacial score (nSPS) is 22.1. The zero-order chi connectivity index (χ0) is 11.0. The van der Waals surface area contributed by atoms with Crippen LogP contribution in [0.25, 0.3) is 0 Å². The van der Waals surface area contributed by atoms with Crippen molar-refractivity contribution in [1.29, 1.82) is 0 Å². The maximum atomic E-state index is 10.1. The third-order valence-electron chi connectivity index (χ3n) is 3.89. The molecule has 1 atom stereocenters. The molecule has 0 aliphatic heterocycles. The second-order valence-electron chi connectivity index (χ2n) is 5.48. The van der Waals surface area contributed by atoms with Crippen LogP contribution in [0.4, 0.5) is 0 Å². The highest BCUT2D eigenvalue weighted by Crippen LogP contribution is 2.41. The number of aliphatic hydroxyl groups is 1. The van der Waals surface area contributed by atoms with E-state index in [1.54, 1.807) is 0 Å². The highest BCUT2D eigenvalue weighted by molar-refractivity contribution is 5.30. The summed E-state index contributed by atoms with van der Waals surface area (Å²) in [5.41, 5.74) is 2.56. The van der Waals surface area contributed by atoms with Crippen molar-refractivity contribution in [3.05, 3.63) is 35.4 Å². The average Bonchev–Trinajstić information content (AvgIpc) is 3.19. The van der Waals surface area contributed by atoms with Gasteiger partial charge < -0.3 is 5.11 Å². The maximum absolute atomic E-state index is 10.1. The molecule has 0 amide bonds. The van der Waals surface area contributed by atoms with E-state index in [1.165, 1.54) is 37.7 Å². The number of hydrogen-bond acceptors (Lipinski definition) is 1. The fraction of sp³-hybridized carbons (Fsp3) is 0.600. The van der Waals surface area contributed by atoms with E-state index in [2.05, 4.69) is 24.3 Å². The summed E-state index contributed by atoms with van der Waals surface area (Å²) in [5.74, 6) is 1.71. The summed E-state index contributed by atoms with van der Waals surface area (Å²) in [4.78, 5) is 0. The lowest BCUT2D eigenvalue weighted by atomic mass is 10.00. The number of benzene rings is 1. The molecule has 3 rings (SSSR count). The first-order valence-electron chi connectivity index (χ1n) is 6.61. The highest BCUT2D eigenvalue weighted by atomic mass is 16.3. The molecule has 1 aromatic rings. The smallest absolute Gasteiger partial charge is 0.0790 e. The van der Waals surface area contributed by atoms with Crippen molar-refractivity contribution in [2.75, 3.05) is 0 Å². The Bertz CT molecular complexity index is 363. The van der Waals surface area contributed by atoms with Gasteiger partial charge in [-0.15, -0.1) is 0 Å². The Balaban J connectivity index is 1.64. The molecule has 86 valence electrons. The van der Waals surface area contributed by atoms with Crippen molar-refractivity contribution < 1.29 is 5.11 Å². The maximum Gasteiger partial charge on any atom is 0.0790 e. The van der Waals surface area contributed by atoms with Gasteiger partial charge in [0.2, 0.25) is 0 Å².